The first-order valence-electron chi connectivity index (χ1n) is 7.51. The summed E-state index contributed by atoms with van der Waals surface area (Å²) >= 11 is 0. The molecule has 0 unspecified atom stereocenters. The van der Waals surface area contributed by atoms with Crippen molar-refractivity contribution >= 4 is 5.78 Å². The molecule has 19 heavy (non-hydrogen) atoms. The molecule has 1 saturated carbocycles. The zero-order chi connectivity index (χ0) is 13.9. The Morgan fingerprint density at radius 1 is 1.16 bits per heavy atom. The highest BCUT2D eigenvalue weighted by Gasteiger charge is 2.45. The van der Waals surface area contributed by atoms with Gasteiger partial charge in [0.2, 0.25) is 0 Å². The third-order valence-electron chi connectivity index (χ3n) is 4.61. The molecule has 1 aromatic rings. The Bertz CT molecular complexity index is 442. The molecule has 0 aromatic heterocycles. The van der Waals surface area contributed by atoms with Crippen LogP contribution in [0, 0.1) is 6.92 Å². The van der Waals surface area contributed by atoms with Crippen molar-refractivity contribution in [3.63, 3.8) is 0 Å². The lowest BCUT2D eigenvalue weighted by Gasteiger charge is -2.39. The van der Waals surface area contributed by atoms with Crippen molar-refractivity contribution in [2.24, 2.45) is 0 Å². The van der Waals surface area contributed by atoms with E-state index < -0.39 is 0 Å². The molecule has 2 heteroatoms. The average Bonchev–Trinajstić information content (AvgIpc) is 2.90. The van der Waals surface area contributed by atoms with Crippen molar-refractivity contribution in [3.05, 3.63) is 35.4 Å². The van der Waals surface area contributed by atoms with Crippen molar-refractivity contribution in [2.45, 2.75) is 52.0 Å². The number of hydrogen-bond donors (Lipinski definition) is 0. The van der Waals surface area contributed by atoms with Crippen LogP contribution in [0.5, 0.6) is 0 Å². The molecule has 1 fully saturated rings. The van der Waals surface area contributed by atoms with Gasteiger partial charge in [-0.15, -0.1) is 0 Å². The van der Waals surface area contributed by atoms with Crippen molar-refractivity contribution in [2.75, 3.05) is 13.1 Å². The van der Waals surface area contributed by atoms with E-state index in [1.54, 1.807) is 0 Å². The van der Waals surface area contributed by atoms with Crippen LogP contribution in [-0.4, -0.2) is 29.3 Å². The number of benzene rings is 1. The molecule has 104 valence electrons. The summed E-state index contributed by atoms with van der Waals surface area (Å²) in [4.78, 5) is 15.5. The molecular weight excluding hydrogens is 234 g/mol. The van der Waals surface area contributed by atoms with Gasteiger partial charge in [0, 0.05) is 5.56 Å². The molecule has 0 radical (unpaired) electrons. The van der Waals surface area contributed by atoms with E-state index in [9.17, 15) is 4.79 Å². The topological polar surface area (TPSA) is 20.3 Å². The van der Waals surface area contributed by atoms with Gasteiger partial charge in [-0.2, -0.15) is 0 Å². The van der Waals surface area contributed by atoms with Gasteiger partial charge in [0.1, 0.15) is 0 Å². The van der Waals surface area contributed by atoms with Crippen LogP contribution in [0.15, 0.2) is 24.3 Å². The van der Waals surface area contributed by atoms with E-state index in [4.69, 9.17) is 0 Å². The first-order chi connectivity index (χ1) is 9.15. The van der Waals surface area contributed by atoms with Crippen LogP contribution in [0.2, 0.25) is 0 Å². The summed E-state index contributed by atoms with van der Waals surface area (Å²) in [5.41, 5.74) is 1.78. The van der Waals surface area contributed by atoms with E-state index in [0.29, 0.717) is 5.78 Å². The SMILES string of the molecule is CCN(CC)C1(C(=O)c2ccccc2C)CCCC1. The van der Waals surface area contributed by atoms with E-state index in [1.165, 1.54) is 12.8 Å². The number of nitrogens with zero attached hydrogens (tertiary/aromatic N) is 1. The molecule has 1 aliphatic carbocycles. The van der Waals surface area contributed by atoms with Gasteiger partial charge in [-0.1, -0.05) is 51.0 Å². The molecule has 1 aliphatic rings. The zero-order valence-electron chi connectivity index (χ0n) is 12.4. The molecule has 0 heterocycles. The van der Waals surface area contributed by atoms with Gasteiger partial charge in [0.05, 0.1) is 5.54 Å². The van der Waals surface area contributed by atoms with Crippen molar-refractivity contribution in [1.82, 2.24) is 4.90 Å². The fourth-order valence-electron chi connectivity index (χ4n) is 3.55. The number of aryl methyl sites for hydroxylation is 1. The van der Waals surface area contributed by atoms with E-state index in [2.05, 4.69) is 18.7 Å². The number of likely N-dealkylation sites (N-methyl/N-ethyl adjacent to an activating group) is 1. The molecule has 0 amide bonds. The Morgan fingerprint density at radius 2 is 1.74 bits per heavy atom. The van der Waals surface area contributed by atoms with E-state index in [0.717, 1.165) is 37.1 Å². The fourth-order valence-corrected chi connectivity index (χ4v) is 3.55. The molecule has 1 aromatic carbocycles. The maximum atomic E-state index is 13.1. The van der Waals surface area contributed by atoms with Crippen molar-refractivity contribution in [3.8, 4) is 0 Å². The minimum atomic E-state index is -0.240. The smallest absolute Gasteiger partial charge is 0.183 e. The van der Waals surface area contributed by atoms with Gasteiger partial charge in [-0.3, -0.25) is 9.69 Å². The van der Waals surface area contributed by atoms with Gasteiger partial charge in [-0.25, -0.2) is 0 Å². The Balaban J connectivity index is 2.40. The van der Waals surface area contributed by atoms with Gasteiger partial charge in [0.15, 0.2) is 5.78 Å². The zero-order valence-corrected chi connectivity index (χ0v) is 12.4. The molecular formula is C17H25NO. The van der Waals surface area contributed by atoms with Crippen molar-refractivity contribution in [1.29, 1.82) is 0 Å². The highest BCUT2D eigenvalue weighted by molar-refractivity contribution is 6.04. The van der Waals surface area contributed by atoms with Crippen LogP contribution in [0.1, 0.15) is 55.5 Å². The maximum Gasteiger partial charge on any atom is 0.183 e. The lowest BCUT2D eigenvalue weighted by Crippen LogP contribution is -2.52. The molecule has 0 N–H and O–H groups in total. The van der Waals surface area contributed by atoms with Crippen LogP contribution in [0.4, 0.5) is 0 Å². The normalized spacial score (nSPS) is 17.9. The third kappa shape index (κ3) is 2.46. The summed E-state index contributed by atoms with van der Waals surface area (Å²) in [5, 5.41) is 0. The lowest BCUT2D eigenvalue weighted by molar-refractivity contribution is 0.0583. The Kier molecular flexibility index (Phi) is 4.41. The highest BCUT2D eigenvalue weighted by Crippen LogP contribution is 2.38. The minimum absolute atomic E-state index is 0.240. The highest BCUT2D eigenvalue weighted by atomic mass is 16.1. The standard InChI is InChI=1S/C17H25NO/c1-4-18(5-2)17(12-8-9-13-17)16(19)15-11-7-6-10-14(15)3/h6-7,10-11H,4-5,8-9,12-13H2,1-3H3. The summed E-state index contributed by atoms with van der Waals surface area (Å²) in [6.45, 7) is 8.27. The van der Waals surface area contributed by atoms with Crippen LogP contribution in [-0.2, 0) is 0 Å². The Morgan fingerprint density at radius 3 is 2.26 bits per heavy atom. The maximum absolute atomic E-state index is 13.1. The molecule has 2 nitrogen and oxygen atoms in total. The monoisotopic (exact) mass is 259 g/mol. The summed E-state index contributed by atoms with van der Waals surface area (Å²) in [7, 11) is 0. The number of rotatable bonds is 5. The van der Waals surface area contributed by atoms with Crippen molar-refractivity contribution < 1.29 is 4.79 Å². The second-order valence-corrected chi connectivity index (χ2v) is 5.56. The summed E-state index contributed by atoms with van der Waals surface area (Å²) in [6, 6.07) is 8.01. The summed E-state index contributed by atoms with van der Waals surface area (Å²) in [5.74, 6) is 0.340. The fraction of sp³-hybridized carbons (Fsp3) is 0.588. The predicted octanol–water partition coefficient (Wildman–Crippen LogP) is 3.83. The average molecular weight is 259 g/mol. The second-order valence-electron chi connectivity index (χ2n) is 5.56. The van der Waals surface area contributed by atoms with Crippen LogP contribution in [0.3, 0.4) is 0 Å². The first-order valence-corrected chi connectivity index (χ1v) is 7.51. The number of ketones is 1. The Labute approximate surface area is 116 Å². The molecule has 0 atom stereocenters. The van der Waals surface area contributed by atoms with E-state index in [-0.39, 0.29) is 5.54 Å². The van der Waals surface area contributed by atoms with E-state index in [1.807, 2.05) is 31.2 Å². The van der Waals surface area contributed by atoms with E-state index >= 15 is 0 Å². The molecule has 2 rings (SSSR count). The van der Waals surface area contributed by atoms with Crippen LogP contribution < -0.4 is 0 Å². The summed E-state index contributed by atoms with van der Waals surface area (Å²) in [6.07, 6.45) is 4.38. The number of Topliss-reactive ketones (excluding diaryl/α,β-unsaturated/α-hetero) is 1. The van der Waals surface area contributed by atoms with Gasteiger partial charge < -0.3 is 0 Å². The first kappa shape index (κ1) is 14.3. The second kappa shape index (κ2) is 5.87. The predicted molar refractivity (Wildman–Crippen MR) is 79.6 cm³/mol. The van der Waals surface area contributed by atoms with Gasteiger partial charge in [-0.05, 0) is 38.4 Å². The third-order valence-corrected chi connectivity index (χ3v) is 4.61. The number of carbonyl (C=O) groups excluding carboxylic acids is 1. The van der Waals surface area contributed by atoms with Gasteiger partial charge in [0.25, 0.3) is 0 Å². The molecule has 0 spiro atoms. The molecule has 0 saturated heterocycles. The molecule has 0 aliphatic heterocycles. The Hall–Kier alpha value is -1.15. The largest absolute Gasteiger partial charge is 0.292 e. The lowest BCUT2D eigenvalue weighted by atomic mass is 9.84. The van der Waals surface area contributed by atoms with Gasteiger partial charge >= 0.3 is 0 Å². The minimum Gasteiger partial charge on any atom is -0.292 e. The van der Waals surface area contributed by atoms with Crippen LogP contribution in [0.25, 0.3) is 0 Å². The number of hydrogen-bond acceptors (Lipinski definition) is 2. The quantitative estimate of drug-likeness (QED) is 0.749. The molecule has 0 bridgehead atoms. The number of carbonyl (C=O) groups is 1. The van der Waals surface area contributed by atoms with Crippen LogP contribution >= 0.6 is 0 Å². The summed E-state index contributed by atoms with van der Waals surface area (Å²) < 4.78 is 0.